The van der Waals surface area contributed by atoms with E-state index in [1.165, 1.54) is 21.3 Å². The van der Waals surface area contributed by atoms with E-state index in [-0.39, 0.29) is 22.6 Å². The summed E-state index contributed by atoms with van der Waals surface area (Å²) in [5, 5.41) is 18.9. The molecule has 0 saturated carbocycles. The fourth-order valence-electron chi connectivity index (χ4n) is 2.52. The highest BCUT2D eigenvalue weighted by molar-refractivity contribution is 5.15. The highest BCUT2D eigenvalue weighted by atomic mass is 16.3. The first-order valence-electron chi connectivity index (χ1n) is 8.52. The van der Waals surface area contributed by atoms with E-state index < -0.39 is 0 Å². The molecule has 26 heavy (non-hydrogen) atoms. The molecule has 0 radical (unpaired) electrons. The van der Waals surface area contributed by atoms with E-state index in [2.05, 4.69) is 9.80 Å². The molecule has 2 N–H and O–H groups in total. The SMILES string of the molecule is CN(CCN(C)CCn1cccc(O)c1=O)CCn1cccc(O)c1=O. The summed E-state index contributed by atoms with van der Waals surface area (Å²) in [5.74, 6) is -0.478. The van der Waals surface area contributed by atoms with E-state index in [1.54, 1.807) is 24.5 Å². The standard InChI is InChI=1S/C18H26N4O4/c1-19(11-13-21-7-3-5-15(23)17(21)25)9-10-20(2)12-14-22-8-4-6-16(24)18(22)26/h3-8,23-24H,9-14H2,1-2H3. The smallest absolute Gasteiger partial charge is 0.292 e. The summed E-state index contributed by atoms with van der Waals surface area (Å²) in [6.07, 6.45) is 3.32. The van der Waals surface area contributed by atoms with Crippen molar-refractivity contribution in [3.63, 3.8) is 0 Å². The van der Waals surface area contributed by atoms with E-state index in [9.17, 15) is 19.8 Å². The first kappa shape index (κ1) is 19.7. The fraction of sp³-hybridized carbons (Fsp3) is 0.444. The van der Waals surface area contributed by atoms with Crippen molar-refractivity contribution in [1.82, 2.24) is 18.9 Å². The van der Waals surface area contributed by atoms with Crippen LogP contribution < -0.4 is 11.1 Å². The van der Waals surface area contributed by atoms with Gasteiger partial charge in [0.2, 0.25) is 0 Å². The van der Waals surface area contributed by atoms with E-state index >= 15 is 0 Å². The lowest BCUT2D eigenvalue weighted by Gasteiger charge is -2.22. The summed E-state index contributed by atoms with van der Waals surface area (Å²) in [6, 6.07) is 6.06. The van der Waals surface area contributed by atoms with Gasteiger partial charge < -0.3 is 29.1 Å². The van der Waals surface area contributed by atoms with Crippen LogP contribution in [0, 0.1) is 0 Å². The van der Waals surface area contributed by atoms with Crippen molar-refractivity contribution < 1.29 is 10.2 Å². The van der Waals surface area contributed by atoms with Crippen molar-refractivity contribution in [2.75, 3.05) is 40.3 Å². The van der Waals surface area contributed by atoms with Gasteiger partial charge in [-0.2, -0.15) is 0 Å². The summed E-state index contributed by atoms with van der Waals surface area (Å²) in [5.41, 5.74) is -0.760. The minimum absolute atomic E-state index is 0.239. The van der Waals surface area contributed by atoms with E-state index in [4.69, 9.17) is 0 Å². The lowest BCUT2D eigenvalue weighted by Crippen LogP contribution is -2.36. The predicted octanol–water partition coefficient (Wildman–Crippen LogP) is -0.0150. The molecule has 0 aromatic carbocycles. The molecule has 0 aliphatic heterocycles. The van der Waals surface area contributed by atoms with Gasteiger partial charge in [0.05, 0.1) is 0 Å². The Bertz CT molecular complexity index is 761. The van der Waals surface area contributed by atoms with Crippen LogP contribution in [0.15, 0.2) is 46.2 Å². The number of hydrogen-bond acceptors (Lipinski definition) is 6. The molecule has 8 heteroatoms. The molecule has 2 aromatic heterocycles. The molecule has 2 heterocycles. The maximum absolute atomic E-state index is 11.8. The van der Waals surface area contributed by atoms with Gasteiger partial charge in [-0.25, -0.2) is 0 Å². The Hall–Kier alpha value is -2.58. The van der Waals surface area contributed by atoms with Crippen molar-refractivity contribution in [2.24, 2.45) is 0 Å². The summed E-state index contributed by atoms with van der Waals surface area (Å²) >= 11 is 0. The molecule has 0 unspecified atom stereocenters. The van der Waals surface area contributed by atoms with E-state index in [1.807, 2.05) is 14.1 Å². The quantitative estimate of drug-likeness (QED) is 0.652. The van der Waals surface area contributed by atoms with Crippen LogP contribution in [0.1, 0.15) is 0 Å². The van der Waals surface area contributed by atoms with Gasteiger partial charge in [-0.3, -0.25) is 9.59 Å². The zero-order chi connectivity index (χ0) is 19.1. The zero-order valence-electron chi connectivity index (χ0n) is 15.2. The van der Waals surface area contributed by atoms with Crippen LogP contribution in [-0.4, -0.2) is 69.4 Å². The molecule has 0 fully saturated rings. The molecule has 0 aliphatic rings. The molecule has 2 rings (SSSR count). The normalized spacial score (nSPS) is 11.4. The maximum Gasteiger partial charge on any atom is 0.292 e. The zero-order valence-corrected chi connectivity index (χ0v) is 15.2. The van der Waals surface area contributed by atoms with E-state index in [0.717, 1.165) is 13.1 Å². The van der Waals surface area contributed by atoms with Crippen molar-refractivity contribution in [3.05, 3.63) is 57.4 Å². The maximum atomic E-state index is 11.8. The van der Waals surface area contributed by atoms with Crippen LogP contribution >= 0.6 is 0 Å². The number of pyridine rings is 2. The van der Waals surface area contributed by atoms with E-state index in [0.29, 0.717) is 26.2 Å². The number of nitrogens with zero attached hydrogens (tertiary/aromatic N) is 4. The Morgan fingerprint density at radius 1 is 0.769 bits per heavy atom. The van der Waals surface area contributed by atoms with Crippen LogP contribution in [0.25, 0.3) is 0 Å². The molecule has 8 nitrogen and oxygen atoms in total. The summed E-state index contributed by atoms with van der Waals surface area (Å²) < 4.78 is 2.98. The van der Waals surface area contributed by atoms with Crippen LogP contribution in [-0.2, 0) is 13.1 Å². The Morgan fingerprint density at radius 2 is 1.15 bits per heavy atom. The predicted molar refractivity (Wildman–Crippen MR) is 99.7 cm³/mol. The second kappa shape index (κ2) is 9.21. The molecule has 0 spiro atoms. The average Bonchev–Trinajstić information content (AvgIpc) is 2.62. The molecular weight excluding hydrogens is 336 g/mol. The Kier molecular flexibility index (Phi) is 6.99. The minimum Gasteiger partial charge on any atom is -0.503 e. The van der Waals surface area contributed by atoms with Crippen LogP contribution in [0.2, 0.25) is 0 Å². The Balaban J connectivity index is 1.73. The Morgan fingerprint density at radius 3 is 1.54 bits per heavy atom. The lowest BCUT2D eigenvalue weighted by molar-refractivity contribution is 0.243. The van der Waals surface area contributed by atoms with Gasteiger partial charge in [-0.15, -0.1) is 0 Å². The van der Waals surface area contributed by atoms with Crippen LogP contribution in [0.3, 0.4) is 0 Å². The molecular formula is C18H26N4O4. The van der Waals surface area contributed by atoms with Gasteiger partial charge in [-0.1, -0.05) is 0 Å². The van der Waals surface area contributed by atoms with Crippen molar-refractivity contribution >= 4 is 0 Å². The number of likely N-dealkylation sites (N-methyl/N-ethyl adjacent to an activating group) is 2. The van der Waals surface area contributed by atoms with Crippen LogP contribution in [0.4, 0.5) is 0 Å². The summed E-state index contributed by atoms with van der Waals surface area (Å²) in [7, 11) is 3.95. The van der Waals surface area contributed by atoms with Gasteiger partial charge in [0.15, 0.2) is 11.5 Å². The van der Waals surface area contributed by atoms with Gasteiger partial charge in [-0.05, 0) is 38.4 Å². The van der Waals surface area contributed by atoms with Gasteiger partial charge in [0, 0.05) is 51.7 Å². The first-order chi connectivity index (χ1) is 12.4. The second-order valence-corrected chi connectivity index (χ2v) is 6.39. The third kappa shape index (κ3) is 5.47. The first-order valence-corrected chi connectivity index (χ1v) is 8.52. The lowest BCUT2D eigenvalue weighted by atomic mass is 10.4. The monoisotopic (exact) mass is 362 g/mol. The van der Waals surface area contributed by atoms with Crippen molar-refractivity contribution in [1.29, 1.82) is 0 Å². The second-order valence-electron chi connectivity index (χ2n) is 6.39. The number of rotatable bonds is 9. The minimum atomic E-state index is -0.380. The summed E-state index contributed by atoms with van der Waals surface area (Å²) in [6.45, 7) is 3.99. The van der Waals surface area contributed by atoms with Crippen molar-refractivity contribution in [3.8, 4) is 11.5 Å². The third-order valence-corrected chi connectivity index (χ3v) is 4.31. The van der Waals surface area contributed by atoms with Gasteiger partial charge in [0.25, 0.3) is 11.1 Å². The summed E-state index contributed by atoms with van der Waals surface area (Å²) in [4.78, 5) is 27.7. The molecule has 142 valence electrons. The molecule has 0 aliphatic carbocycles. The largest absolute Gasteiger partial charge is 0.503 e. The average molecular weight is 362 g/mol. The third-order valence-electron chi connectivity index (χ3n) is 4.31. The number of aromatic hydroxyl groups is 2. The molecule has 2 aromatic rings. The topological polar surface area (TPSA) is 90.9 Å². The fourth-order valence-corrected chi connectivity index (χ4v) is 2.52. The Labute approximate surface area is 152 Å². The number of hydrogen-bond donors (Lipinski definition) is 2. The highest BCUT2D eigenvalue weighted by Crippen LogP contribution is 1.99. The molecule has 0 saturated heterocycles. The highest BCUT2D eigenvalue weighted by Gasteiger charge is 2.06. The van der Waals surface area contributed by atoms with Crippen LogP contribution in [0.5, 0.6) is 11.5 Å². The van der Waals surface area contributed by atoms with Crippen molar-refractivity contribution in [2.45, 2.75) is 13.1 Å². The molecule has 0 amide bonds. The molecule has 0 atom stereocenters. The van der Waals surface area contributed by atoms with Gasteiger partial charge >= 0.3 is 0 Å². The number of aromatic nitrogens is 2. The molecule has 0 bridgehead atoms. The van der Waals surface area contributed by atoms with Gasteiger partial charge in [0.1, 0.15) is 0 Å².